The molecular weight excluding hydrogens is 675 g/mol. The maximum atomic E-state index is 12.3. The van der Waals surface area contributed by atoms with Crippen molar-refractivity contribution in [2.75, 3.05) is 18.9 Å². The van der Waals surface area contributed by atoms with Crippen LogP contribution in [0.2, 0.25) is 0 Å². The number of nitrogens with zero attached hydrogens (tertiary/aromatic N) is 4. The summed E-state index contributed by atoms with van der Waals surface area (Å²) in [5.74, 6) is -1.07. The molecule has 2 aliphatic heterocycles. The van der Waals surface area contributed by atoms with Crippen LogP contribution in [0.3, 0.4) is 0 Å². The smallest absolute Gasteiger partial charge is 0.756 e. The fraction of sp³-hybridized carbons (Fsp3) is 0.476. The Morgan fingerprint density at radius 3 is 2.30 bits per heavy atom. The van der Waals surface area contributed by atoms with Crippen molar-refractivity contribution in [3.63, 3.8) is 0 Å². The third-order valence-electron chi connectivity index (χ3n) is 6.79. The number of aliphatic hydroxyl groups excluding tert-OH is 4. The number of ether oxygens (including phenoxy) is 2. The molecule has 10 unspecified atom stereocenters. The van der Waals surface area contributed by atoms with Gasteiger partial charge in [-0.3, -0.25) is 28.3 Å². The quantitative estimate of drug-likeness (QED) is 0.0554. The summed E-state index contributed by atoms with van der Waals surface area (Å²) in [7, 11) is -11.4. The van der Waals surface area contributed by atoms with Crippen molar-refractivity contribution in [1.29, 1.82) is 0 Å². The van der Waals surface area contributed by atoms with Crippen LogP contribution >= 0.6 is 15.6 Å². The zero-order chi connectivity index (χ0) is 32.8. The summed E-state index contributed by atoms with van der Waals surface area (Å²) in [4.78, 5) is 58.0. The topological polar surface area (TPSA) is 344 Å². The third kappa shape index (κ3) is 7.74. The van der Waals surface area contributed by atoms with E-state index in [1.165, 1.54) is 29.1 Å². The number of aliphatic hydroxyl groups is 4. The molecular formula is C21H26N7NaO15P2. The van der Waals surface area contributed by atoms with E-state index in [2.05, 4.69) is 28.3 Å². The van der Waals surface area contributed by atoms with Gasteiger partial charge in [0, 0.05) is 6.07 Å². The number of carbonyl (C=O) groups excluding carboxylic acids is 1. The van der Waals surface area contributed by atoms with Crippen LogP contribution in [0.5, 0.6) is 0 Å². The minimum atomic E-state index is -5.73. The van der Waals surface area contributed by atoms with Crippen LogP contribution in [0.15, 0.2) is 35.6 Å². The first-order valence-electron chi connectivity index (χ1n) is 12.8. The predicted molar refractivity (Wildman–Crippen MR) is 138 cm³/mol. The Hall–Kier alpha value is -2.21. The van der Waals surface area contributed by atoms with Crippen molar-refractivity contribution in [3.8, 4) is 0 Å². The number of primary amides is 1. The summed E-state index contributed by atoms with van der Waals surface area (Å²) in [6.07, 6.45) is -8.99. The largest absolute Gasteiger partial charge is 1.00 e. The van der Waals surface area contributed by atoms with Gasteiger partial charge in [-0.15, -0.1) is 0 Å². The number of phosphoric acid groups is 2. The number of aromatic nitrogens is 5. The molecule has 0 aliphatic carbocycles. The molecule has 0 aromatic carbocycles. The van der Waals surface area contributed by atoms with Crippen LogP contribution in [-0.2, 0) is 32.0 Å². The molecule has 0 bridgehead atoms. The molecule has 9 N–H and O–H groups in total. The molecule has 2 saturated heterocycles. The molecule has 25 heteroatoms. The molecule has 2 fully saturated rings. The number of aromatic amines is 1. The summed E-state index contributed by atoms with van der Waals surface area (Å²) in [5, 5.41) is 41.5. The SMILES string of the molecule is NC(=O)c1ccc[n+](C2OC(COP(=O)([O-])OP(=O)([O-])OCC3OC(n4cnc5c(=O)[nH]c(N)nc54)C(O)C3O)C(O)C2O)c1.[Na+]. The van der Waals surface area contributed by atoms with Crippen LogP contribution in [0.4, 0.5) is 5.95 Å². The second-order valence-corrected chi connectivity index (χ2v) is 12.8. The van der Waals surface area contributed by atoms with Gasteiger partial charge in [0.05, 0.1) is 19.5 Å². The number of nitrogens with one attached hydrogen (secondary N) is 1. The summed E-state index contributed by atoms with van der Waals surface area (Å²) in [5.41, 5.74) is 9.81. The summed E-state index contributed by atoms with van der Waals surface area (Å²) < 4.78 is 50.8. The van der Waals surface area contributed by atoms with Crippen molar-refractivity contribution in [2.24, 2.45) is 5.73 Å². The van der Waals surface area contributed by atoms with E-state index < -0.39 is 89.4 Å². The van der Waals surface area contributed by atoms with Gasteiger partial charge >= 0.3 is 29.6 Å². The van der Waals surface area contributed by atoms with E-state index in [9.17, 15) is 48.9 Å². The van der Waals surface area contributed by atoms with Gasteiger partial charge in [-0.1, -0.05) is 0 Å². The van der Waals surface area contributed by atoms with Crippen molar-refractivity contribution in [1.82, 2.24) is 19.5 Å². The van der Waals surface area contributed by atoms with Crippen LogP contribution in [0.25, 0.3) is 11.2 Å². The van der Waals surface area contributed by atoms with Crippen LogP contribution < -0.4 is 60.9 Å². The number of pyridine rings is 1. The van der Waals surface area contributed by atoms with E-state index in [1.54, 1.807) is 0 Å². The molecule has 3 aromatic heterocycles. The Balaban J connectivity index is 0.00000480. The molecule has 46 heavy (non-hydrogen) atoms. The summed E-state index contributed by atoms with van der Waals surface area (Å²) >= 11 is 0. The van der Waals surface area contributed by atoms with E-state index in [0.29, 0.717) is 0 Å². The van der Waals surface area contributed by atoms with Crippen molar-refractivity contribution in [3.05, 3.63) is 46.8 Å². The number of nitrogens with two attached hydrogens (primary N) is 2. The van der Waals surface area contributed by atoms with Gasteiger partial charge in [0.1, 0.15) is 36.1 Å². The van der Waals surface area contributed by atoms with Crippen molar-refractivity contribution < 1.29 is 101 Å². The monoisotopic (exact) mass is 701 g/mol. The van der Waals surface area contributed by atoms with E-state index in [0.717, 1.165) is 10.9 Å². The Bertz CT molecular complexity index is 1740. The van der Waals surface area contributed by atoms with E-state index in [4.69, 9.17) is 20.9 Å². The van der Waals surface area contributed by atoms with Gasteiger partial charge in [-0.05, 0) is 6.07 Å². The number of phosphoric ester groups is 2. The van der Waals surface area contributed by atoms with Crippen molar-refractivity contribution >= 4 is 38.7 Å². The number of hydrogen-bond donors (Lipinski definition) is 7. The molecule has 10 atom stereocenters. The normalized spacial score (nSPS) is 30.5. The molecule has 0 saturated carbocycles. The molecule has 1 amide bonds. The molecule has 5 rings (SSSR count). The second-order valence-electron chi connectivity index (χ2n) is 9.84. The fourth-order valence-corrected chi connectivity index (χ4v) is 6.65. The molecule has 5 heterocycles. The average molecular weight is 701 g/mol. The fourth-order valence-electron chi connectivity index (χ4n) is 4.64. The first kappa shape index (κ1) is 36.6. The van der Waals surface area contributed by atoms with E-state index in [-0.39, 0.29) is 52.2 Å². The average Bonchev–Trinajstić information content (AvgIpc) is 3.60. The molecule has 246 valence electrons. The summed E-state index contributed by atoms with van der Waals surface area (Å²) in [6, 6.07) is 2.79. The van der Waals surface area contributed by atoms with Gasteiger partial charge in [0.15, 0.2) is 35.9 Å². The maximum Gasteiger partial charge on any atom is 1.00 e. The Morgan fingerprint density at radius 2 is 1.67 bits per heavy atom. The Labute approximate surface area is 279 Å². The van der Waals surface area contributed by atoms with Gasteiger partial charge in [-0.2, -0.15) is 9.55 Å². The first-order chi connectivity index (χ1) is 21.1. The number of carbonyl (C=O) groups is 1. The Kier molecular flexibility index (Phi) is 11.2. The summed E-state index contributed by atoms with van der Waals surface area (Å²) in [6.45, 7) is -2.05. The maximum absolute atomic E-state index is 12.3. The van der Waals surface area contributed by atoms with Gasteiger partial charge in [0.25, 0.3) is 33.3 Å². The number of amides is 1. The van der Waals surface area contributed by atoms with Crippen LogP contribution in [0.1, 0.15) is 22.8 Å². The van der Waals surface area contributed by atoms with Gasteiger partial charge in [0.2, 0.25) is 5.95 Å². The second kappa shape index (κ2) is 14.1. The number of H-pyrrole nitrogens is 1. The molecule has 0 spiro atoms. The van der Waals surface area contributed by atoms with E-state index >= 15 is 0 Å². The zero-order valence-electron chi connectivity index (χ0n) is 23.5. The minimum Gasteiger partial charge on any atom is -0.756 e. The zero-order valence-corrected chi connectivity index (χ0v) is 27.3. The molecule has 2 aliphatic rings. The molecule has 3 aromatic rings. The van der Waals surface area contributed by atoms with Crippen LogP contribution in [-0.4, -0.2) is 95.7 Å². The molecule has 0 radical (unpaired) electrons. The number of nitrogen functional groups attached to an aromatic ring is 1. The Morgan fingerprint density at radius 1 is 1.07 bits per heavy atom. The number of rotatable bonds is 11. The predicted octanol–water partition coefficient (Wildman–Crippen LogP) is -7.98. The number of hydrogen-bond acceptors (Lipinski definition) is 18. The standard InChI is InChI=1S/C21H27N7O15P2.Na/c22-16(33)8-2-1-3-27(4-8)19-14(31)12(29)9(41-19)5-39-44(35,36)43-45(37,38)40-6-10-13(30)15(32)20(42-10)28-7-24-11-17(28)25-21(23)26-18(11)34;/h1-4,7,9-10,12-15,19-20,29-32H,5-6H2,(H6-,22,23,25,26,33,34,35,36,37,38);/q;+1/p-1. The minimum absolute atomic E-state index is 0. The van der Waals surface area contributed by atoms with Gasteiger partial charge < -0.3 is 60.2 Å². The third-order valence-corrected chi connectivity index (χ3v) is 9.32. The number of imidazole rings is 1. The van der Waals surface area contributed by atoms with E-state index in [1.807, 2.05) is 0 Å². The van der Waals surface area contributed by atoms with Crippen molar-refractivity contribution in [2.45, 2.75) is 49.1 Å². The molecule has 22 nitrogen and oxygen atoms in total. The van der Waals surface area contributed by atoms with Crippen LogP contribution in [0, 0.1) is 0 Å². The number of fused-ring (bicyclic) bond motifs is 1. The first-order valence-corrected chi connectivity index (χ1v) is 15.7. The van der Waals surface area contributed by atoms with Gasteiger partial charge in [-0.25, -0.2) is 9.29 Å². The number of anilines is 1.